The molecule has 0 rings (SSSR count). The van der Waals surface area contributed by atoms with Gasteiger partial charge in [0.05, 0.1) is 15.9 Å². The summed E-state index contributed by atoms with van der Waals surface area (Å²) in [4.78, 5) is 0. The Bertz CT molecular complexity index is 130. The molecule has 0 aromatic carbocycles. The largest absolute Gasteiger partial charge is 1.00 e. The number of rotatable bonds is 2. The van der Waals surface area contributed by atoms with Crippen molar-refractivity contribution in [3.63, 3.8) is 0 Å². The quantitative estimate of drug-likeness (QED) is 0.302. The fourth-order valence-electron chi connectivity index (χ4n) is 0.144. The van der Waals surface area contributed by atoms with Crippen molar-refractivity contribution >= 4 is 10.1 Å². The van der Waals surface area contributed by atoms with Gasteiger partial charge in [-0.2, -0.15) is 0 Å². The van der Waals surface area contributed by atoms with E-state index in [-0.39, 0.29) is 25.4 Å². The molecule has 0 saturated carbocycles. The molecule has 0 aliphatic rings. The first-order valence-electron chi connectivity index (χ1n) is 1.70. The van der Waals surface area contributed by atoms with E-state index in [1.54, 1.807) is 0 Å². The summed E-state index contributed by atoms with van der Waals surface area (Å²) in [6.45, 7) is -0.0914. The van der Waals surface area contributed by atoms with Crippen LogP contribution in [0.3, 0.4) is 0 Å². The van der Waals surface area contributed by atoms with Crippen molar-refractivity contribution in [3.05, 3.63) is 0 Å². The van der Waals surface area contributed by atoms with E-state index in [9.17, 15) is 13.0 Å². The molecule has 6 heteroatoms. The van der Waals surface area contributed by atoms with Crippen LogP contribution in [-0.4, -0.2) is 25.3 Å². The van der Waals surface area contributed by atoms with Gasteiger partial charge in [0, 0.05) is 6.54 Å². The van der Waals surface area contributed by atoms with Crippen LogP contribution in [-0.2, 0) is 10.1 Å². The van der Waals surface area contributed by atoms with Crippen molar-refractivity contribution in [1.82, 2.24) is 0 Å². The molecule has 2 N–H and O–H groups in total. The van der Waals surface area contributed by atoms with Gasteiger partial charge in [0.2, 0.25) is 0 Å². The summed E-state index contributed by atoms with van der Waals surface area (Å²) in [5.74, 6) is -0.465. The first-order valence-corrected chi connectivity index (χ1v) is 3.27. The molecule has 0 aromatic heterocycles. The molecule has 0 radical (unpaired) electrons. The van der Waals surface area contributed by atoms with Gasteiger partial charge >= 0.3 is 18.9 Å². The van der Waals surface area contributed by atoms with Crippen LogP contribution in [0.4, 0.5) is 0 Å². The zero-order valence-electron chi connectivity index (χ0n) is 4.62. The van der Waals surface area contributed by atoms with Gasteiger partial charge in [-0.3, -0.25) is 0 Å². The molecular weight excluding hydrogens is 125 g/mol. The molecule has 0 saturated heterocycles. The van der Waals surface area contributed by atoms with Gasteiger partial charge in [0.25, 0.3) is 0 Å². The topological polar surface area (TPSA) is 83.2 Å². The first kappa shape index (κ1) is 11.3. The summed E-state index contributed by atoms with van der Waals surface area (Å²) in [5.41, 5.74) is 4.74. The molecule has 8 heavy (non-hydrogen) atoms. The van der Waals surface area contributed by atoms with E-state index in [0.717, 1.165) is 0 Å². The average Bonchev–Trinajstić information content (AvgIpc) is 1.30. The van der Waals surface area contributed by atoms with Crippen LogP contribution in [0, 0.1) is 0 Å². The summed E-state index contributed by atoms with van der Waals surface area (Å²) >= 11 is 0. The Morgan fingerprint density at radius 3 is 1.88 bits per heavy atom. The van der Waals surface area contributed by atoms with Crippen LogP contribution in [0.5, 0.6) is 0 Å². The predicted molar refractivity (Wildman–Crippen MR) is 23.6 cm³/mol. The zero-order valence-corrected chi connectivity index (χ0v) is 5.44. The van der Waals surface area contributed by atoms with Crippen LogP contribution >= 0.6 is 0 Å². The molecule has 0 heterocycles. The molecule has 0 amide bonds. The predicted octanol–water partition coefficient (Wildman–Crippen LogP) is -4.51. The maximum Gasteiger partial charge on any atom is 1.00 e. The van der Waals surface area contributed by atoms with Crippen LogP contribution in [0.2, 0.25) is 0 Å². The van der Waals surface area contributed by atoms with Crippen molar-refractivity contribution in [3.8, 4) is 0 Å². The SMILES string of the molecule is NCCS(=O)(=O)[O-].[Li+]. The fourth-order valence-corrected chi connectivity index (χ4v) is 0.433. The van der Waals surface area contributed by atoms with Crippen LogP contribution in [0.15, 0.2) is 0 Å². The molecule has 0 aliphatic heterocycles. The van der Waals surface area contributed by atoms with Gasteiger partial charge in [-0.25, -0.2) is 8.42 Å². The number of hydrogen-bond donors (Lipinski definition) is 1. The average molecular weight is 131 g/mol. The monoisotopic (exact) mass is 131 g/mol. The van der Waals surface area contributed by atoms with Gasteiger partial charge in [-0.1, -0.05) is 0 Å². The molecule has 0 aromatic rings. The third kappa shape index (κ3) is 9.69. The minimum Gasteiger partial charge on any atom is -0.748 e. The summed E-state index contributed by atoms with van der Waals surface area (Å²) < 4.78 is 28.8. The van der Waals surface area contributed by atoms with Gasteiger partial charge in [-0.05, 0) is 0 Å². The van der Waals surface area contributed by atoms with E-state index in [0.29, 0.717) is 0 Å². The second kappa shape index (κ2) is 4.36. The summed E-state index contributed by atoms with van der Waals surface area (Å²) in [6, 6.07) is 0. The van der Waals surface area contributed by atoms with Crippen LogP contribution in [0.25, 0.3) is 0 Å². The van der Waals surface area contributed by atoms with E-state index in [1.807, 2.05) is 0 Å². The van der Waals surface area contributed by atoms with E-state index < -0.39 is 15.9 Å². The Hall–Kier alpha value is 0.467. The standard InChI is InChI=1S/C2H7NO3S.Li/c3-1-2-7(4,5)6;/h1-3H2,(H,4,5,6);/q;+1/p-1. The molecule has 44 valence electrons. The van der Waals surface area contributed by atoms with E-state index in [1.165, 1.54) is 0 Å². The number of nitrogens with two attached hydrogens (primary N) is 1. The third-order valence-corrected chi connectivity index (χ3v) is 1.10. The van der Waals surface area contributed by atoms with E-state index >= 15 is 0 Å². The molecule has 4 nitrogen and oxygen atoms in total. The first-order chi connectivity index (χ1) is 3.06. The van der Waals surface area contributed by atoms with Gasteiger partial charge in [0.15, 0.2) is 0 Å². The van der Waals surface area contributed by atoms with Gasteiger partial charge in [-0.15, -0.1) is 0 Å². The molecule has 0 fully saturated rings. The number of hydrogen-bond acceptors (Lipinski definition) is 4. The second-order valence-electron chi connectivity index (χ2n) is 1.05. The summed E-state index contributed by atoms with van der Waals surface area (Å²) in [7, 11) is -4.05. The minimum atomic E-state index is -4.05. The zero-order chi connectivity index (χ0) is 5.91. The Kier molecular flexibility index (Phi) is 6.15. The maximum absolute atomic E-state index is 9.60. The molecule has 0 unspecified atom stereocenters. The van der Waals surface area contributed by atoms with Crippen molar-refractivity contribution in [2.45, 2.75) is 0 Å². The normalized spacial score (nSPS) is 10.2. The Morgan fingerprint density at radius 1 is 1.50 bits per heavy atom. The Balaban J connectivity index is 0. The van der Waals surface area contributed by atoms with Crippen molar-refractivity contribution in [2.75, 3.05) is 12.3 Å². The fraction of sp³-hybridized carbons (Fsp3) is 1.00. The van der Waals surface area contributed by atoms with Crippen molar-refractivity contribution < 1.29 is 31.8 Å². The van der Waals surface area contributed by atoms with Gasteiger partial charge < -0.3 is 10.3 Å². The van der Waals surface area contributed by atoms with Crippen molar-refractivity contribution in [2.24, 2.45) is 5.73 Å². The Labute approximate surface area is 60.4 Å². The second-order valence-corrected chi connectivity index (χ2v) is 2.57. The molecule has 0 aliphatic carbocycles. The molecule has 0 spiro atoms. The van der Waals surface area contributed by atoms with Crippen LogP contribution < -0.4 is 24.6 Å². The smallest absolute Gasteiger partial charge is 0.748 e. The molecule has 0 bridgehead atoms. The maximum atomic E-state index is 9.60. The summed E-state index contributed by atoms with van der Waals surface area (Å²) in [5, 5.41) is 0. The minimum absolute atomic E-state index is 0. The van der Waals surface area contributed by atoms with Gasteiger partial charge in [0.1, 0.15) is 0 Å². The Morgan fingerprint density at radius 2 is 1.88 bits per heavy atom. The van der Waals surface area contributed by atoms with E-state index in [4.69, 9.17) is 5.73 Å². The molecular formula is C2H6LiNO3S. The van der Waals surface area contributed by atoms with E-state index in [2.05, 4.69) is 0 Å². The van der Waals surface area contributed by atoms with Crippen LogP contribution in [0.1, 0.15) is 0 Å². The summed E-state index contributed by atoms with van der Waals surface area (Å²) in [6.07, 6.45) is 0. The third-order valence-electron chi connectivity index (χ3n) is 0.368. The molecule has 0 atom stereocenters. The van der Waals surface area contributed by atoms with Crippen molar-refractivity contribution in [1.29, 1.82) is 0 Å².